The number of aromatic nitrogens is 1. The van der Waals surface area contributed by atoms with Crippen LogP contribution in [0, 0.1) is 0 Å². The van der Waals surface area contributed by atoms with Gasteiger partial charge in [0, 0.05) is 11.9 Å². The van der Waals surface area contributed by atoms with E-state index in [1.807, 2.05) is 30.3 Å². The summed E-state index contributed by atoms with van der Waals surface area (Å²) in [5.74, 6) is -0.877. The molecule has 9 heteroatoms. The Morgan fingerprint density at radius 3 is 2.34 bits per heavy atom. The van der Waals surface area contributed by atoms with Crippen LogP contribution in [0.25, 0.3) is 6.20 Å². The van der Waals surface area contributed by atoms with E-state index in [0.29, 0.717) is 38.5 Å². The van der Waals surface area contributed by atoms with Crippen molar-refractivity contribution in [3.05, 3.63) is 96.7 Å². The number of ether oxygens (including phenoxy) is 2. The van der Waals surface area contributed by atoms with Gasteiger partial charge in [-0.05, 0) is 50.6 Å². The molecule has 3 aromatic rings. The molecule has 1 N–H and O–H groups in total. The summed E-state index contributed by atoms with van der Waals surface area (Å²) in [6, 6.07) is 15.5. The molecule has 1 atom stereocenters. The SMILES string of the molecule is CCOC(=O)C1=C(C)N=c2s/c(=C/Nc3ccc(C(=O)OCC)cc3)c(=O)n2C1c1ccccc1. The second-order valence-corrected chi connectivity index (χ2v) is 8.66. The van der Waals surface area contributed by atoms with Crippen molar-refractivity contribution < 1.29 is 19.1 Å². The number of nitrogens with zero attached hydrogens (tertiary/aromatic N) is 2. The molecule has 0 fully saturated rings. The minimum atomic E-state index is -0.641. The maximum atomic E-state index is 13.5. The third kappa shape index (κ3) is 4.95. The van der Waals surface area contributed by atoms with Crippen LogP contribution >= 0.6 is 11.3 Å². The van der Waals surface area contributed by atoms with Crippen molar-refractivity contribution >= 4 is 35.2 Å². The molecular formula is C26H25N3O5S. The lowest BCUT2D eigenvalue weighted by Gasteiger charge is -2.24. The van der Waals surface area contributed by atoms with Crippen molar-refractivity contribution in [1.82, 2.24) is 4.57 Å². The van der Waals surface area contributed by atoms with Crippen molar-refractivity contribution in [1.29, 1.82) is 0 Å². The predicted molar refractivity (Wildman–Crippen MR) is 134 cm³/mol. The molecule has 0 radical (unpaired) electrons. The van der Waals surface area contributed by atoms with Gasteiger partial charge in [0.2, 0.25) is 0 Å². The van der Waals surface area contributed by atoms with Gasteiger partial charge < -0.3 is 14.8 Å². The Bertz CT molecular complexity index is 1450. The van der Waals surface area contributed by atoms with Crippen LogP contribution in [0.1, 0.15) is 42.7 Å². The Labute approximate surface area is 205 Å². The van der Waals surface area contributed by atoms with Gasteiger partial charge in [-0.15, -0.1) is 0 Å². The summed E-state index contributed by atoms with van der Waals surface area (Å²) in [5.41, 5.74) is 2.54. The van der Waals surface area contributed by atoms with Crippen molar-refractivity contribution in [2.24, 2.45) is 4.99 Å². The van der Waals surface area contributed by atoms with Crippen LogP contribution < -0.4 is 20.2 Å². The fraction of sp³-hybridized carbons (Fsp3) is 0.231. The van der Waals surface area contributed by atoms with E-state index in [9.17, 15) is 14.4 Å². The molecule has 35 heavy (non-hydrogen) atoms. The first-order valence-corrected chi connectivity index (χ1v) is 12.0. The van der Waals surface area contributed by atoms with Gasteiger partial charge in [0.15, 0.2) is 4.80 Å². The van der Waals surface area contributed by atoms with Gasteiger partial charge in [0.05, 0.1) is 36.1 Å². The molecule has 1 unspecified atom stereocenters. The number of carbonyl (C=O) groups is 2. The Balaban J connectivity index is 1.73. The smallest absolute Gasteiger partial charge is 0.338 e. The van der Waals surface area contributed by atoms with E-state index in [-0.39, 0.29) is 18.1 Å². The number of anilines is 1. The molecule has 8 nitrogen and oxygen atoms in total. The largest absolute Gasteiger partial charge is 0.463 e. The first kappa shape index (κ1) is 24.2. The predicted octanol–water partition coefficient (Wildman–Crippen LogP) is 3.00. The van der Waals surface area contributed by atoms with Gasteiger partial charge in [0.1, 0.15) is 4.53 Å². The van der Waals surface area contributed by atoms with Gasteiger partial charge in [-0.2, -0.15) is 0 Å². The van der Waals surface area contributed by atoms with Crippen molar-refractivity contribution in [2.45, 2.75) is 26.8 Å². The third-order valence-electron chi connectivity index (χ3n) is 5.40. The minimum Gasteiger partial charge on any atom is -0.463 e. The van der Waals surface area contributed by atoms with Crippen LogP contribution in [0.2, 0.25) is 0 Å². The number of allylic oxidation sites excluding steroid dienone is 1. The van der Waals surface area contributed by atoms with Crippen LogP contribution in [0.4, 0.5) is 5.69 Å². The van der Waals surface area contributed by atoms with E-state index in [0.717, 1.165) is 5.56 Å². The highest BCUT2D eigenvalue weighted by Gasteiger charge is 2.33. The number of carbonyl (C=O) groups excluding carboxylic acids is 2. The first-order valence-electron chi connectivity index (χ1n) is 11.2. The second-order valence-electron chi connectivity index (χ2n) is 7.66. The molecule has 1 aromatic heterocycles. The van der Waals surface area contributed by atoms with Crippen molar-refractivity contribution in [3.63, 3.8) is 0 Å². The Morgan fingerprint density at radius 1 is 1.03 bits per heavy atom. The number of hydrogen-bond donors (Lipinski definition) is 1. The summed E-state index contributed by atoms with van der Waals surface area (Å²) in [7, 11) is 0. The summed E-state index contributed by atoms with van der Waals surface area (Å²) >= 11 is 1.23. The highest BCUT2D eigenvalue weighted by atomic mass is 32.1. The molecular weight excluding hydrogens is 466 g/mol. The van der Waals surface area contributed by atoms with E-state index in [2.05, 4.69) is 10.3 Å². The molecule has 0 amide bonds. The normalized spacial score (nSPS) is 15.3. The first-order chi connectivity index (χ1) is 16.9. The summed E-state index contributed by atoms with van der Waals surface area (Å²) in [6.07, 6.45) is 1.61. The number of fused-ring (bicyclic) bond motifs is 1. The van der Waals surface area contributed by atoms with E-state index >= 15 is 0 Å². The van der Waals surface area contributed by atoms with Crippen LogP contribution in [0.5, 0.6) is 0 Å². The molecule has 0 aliphatic carbocycles. The molecule has 180 valence electrons. The molecule has 2 aromatic carbocycles. The van der Waals surface area contributed by atoms with E-state index in [1.165, 1.54) is 15.9 Å². The summed E-state index contributed by atoms with van der Waals surface area (Å²) in [5, 5.41) is 3.10. The van der Waals surface area contributed by atoms with Crippen molar-refractivity contribution in [3.8, 4) is 0 Å². The van der Waals surface area contributed by atoms with Crippen LogP contribution in [0.3, 0.4) is 0 Å². The molecule has 0 saturated heterocycles. The maximum absolute atomic E-state index is 13.5. The van der Waals surface area contributed by atoms with Crippen LogP contribution in [-0.2, 0) is 14.3 Å². The maximum Gasteiger partial charge on any atom is 0.338 e. The highest BCUT2D eigenvalue weighted by molar-refractivity contribution is 7.07. The number of rotatable bonds is 7. The van der Waals surface area contributed by atoms with E-state index < -0.39 is 12.0 Å². The lowest BCUT2D eigenvalue weighted by atomic mass is 9.96. The average molecular weight is 492 g/mol. The van der Waals surface area contributed by atoms with Crippen LogP contribution in [0.15, 0.2) is 75.7 Å². The number of thiazole rings is 1. The van der Waals surface area contributed by atoms with Crippen molar-refractivity contribution in [2.75, 3.05) is 18.5 Å². The Morgan fingerprint density at radius 2 is 1.69 bits per heavy atom. The summed E-state index contributed by atoms with van der Waals surface area (Å²) < 4.78 is 12.3. The third-order valence-corrected chi connectivity index (χ3v) is 6.38. The molecule has 0 saturated carbocycles. The van der Waals surface area contributed by atoms with Gasteiger partial charge >= 0.3 is 11.9 Å². The zero-order chi connectivity index (χ0) is 24.9. The minimum absolute atomic E-state index is 0.223. The van der Waals surface area contributed by atoms with Gasteiger partial charge in [0.25, 0.3) is 5.56 Å². The molecule has 0 bridgehead atoms. The zero-order valence-corrected chi connectivity index (χ0v) is 20.4. The van der Waals surface area contributed by atoms with Gasteiger partial charge in [-0.3, -0.25) is 9.36 Å². The zero-order valence-electron chi connectivity index (χ0n) is 19.6. The fourth-order valence-electron chi connectivity index (χ4n) is 3.81. The van der Waals surface area contributed by atoms with Crippen LogP contribution in [-0.4, -0.2) is 29.7 Å². The Hall–Kier alpha value is -3.98. The number of nitrogens with one attached hydrogen (secondary N) is 1. The molecule has 0 spiro atoms. The number of benzene rings is 2. The fourth-order valence-corrected chi connectivity index (χ4v) is 4.78. The van der Waals surface area contributed by atoms with Gasteiger partial charge in [-0.25, -0.2) is 14.6 Å². The Kier molecular flexibility index (Phi) is 7.26. The monoisotopic (exact) mass is 491 g/mol. The van der Waals surface area contributed by atoms with Gasteiger partial charge in [-0.1, -0.05) is 41.7 Å². The lowest BCUT2D eigenvalue weighted by Crippen LogP contribution is -2.40. The van der Waals surface area contributed by atoms with E-state index in [1.54, 1.807) is 51.2 Å². The standard InChI is InChI=1S/C26H25N3O5S/c1-4-33-24(31)18-11-13-19(14-12-18)27-15-20-23(30)29-22(17-9-7-6-8-10-17)21(25(32)34-5-2)16(3)28-26(29)35-20/h6-15,22,27H,4-5H2,1-3H3/b20-15+. The summed E-state index contributed by atoms with van der Waals surface area (Å²) in [6.45, 7) is 5.78. The molecule has 2 heterocycles. The quantitative estimate of drug-likeness (QED) is 0.510. The molecule has 4 rings (SSSR count). The second kappa shape index (κ2) is 10.5. The number of esters is 2. The topological polar surface area (TPSA) is 99.0 Å². The molecule has 1 aliphatic rings. The average Bonchev–Trinajstić information content (AvgIpc) is 3.17. The summed E-state index contributed by atoms with van der Waals surface area (Å²) in [4.78, 5) is 43.2. The number of hydrogen-bond acceptors (Lipinski definition) is 8. The molecule has 1 aliphatic heterocycles. The van der Waals surface area contributed by atoms with E-state index in [4.69, 9.17) is 9.47 Å². The highest BCUT2D eigenvalue weighted by Crippen LogP contribution is 2.30. The lowest BCUT2D eigenvalue weighted by molar-refractivity contribution is -0.139.